The zero-order chi connectivity index (χ0) is 19.2. The van der Waals surface area contributed by atoms with Crippen LogP contribution in [0, 0.1) is 6.92 Å². The number of nitrogens with zero attached hydrogens (tertiary/aromatic N) is 1. The Morgan fingerprint density at radius 1 is 1.08 bits per heavy atom. The molecule has 0 aromatic heterocycles. The number of carbonyl (C=O) groups is 1. The summed E-state index contributed by atoms with van der Waals surface area (Å²) in [6.45, 7) is 2.70. The van der Waals surface area contributed by atoms with Gasteiger partial charge in [-0.2, -0.15) is 0 Å². The molecule has 0 fully saturated rings. The molecule has 0 bridgehead atoms. The van der Waals surface area contributed by atoms with Gasteiger partial charge >= 0.3 is 6.36 Å². The van der Waals surface area contributed by atoms with Crippen LogP contribution in [0.2, 0.25) is 0 Å². The summed E-state index contributed by atoms with van der Waals surface area (Å²) in [6.07, 6.45) is -4.64. The van der Waals surface area contributed by atoms with E-state index in [1.54, 1.807) is 7.05 Å². The molecular weight excluding hydrogens is 347 g/mol. The molecule has 0 aliphatic heterocycles. The first-order valence-corrected chi connectivity index (χ1v) is 8.01. The number of carbonyl (C=O) groups excluding carboxylic acids is 1. The Balaban J connectivity index is 1.80. The summed E-state index contributed by atoms with van der Waals surface area (Å²) in [4.78, 5) is 13.7. The standard InChI is InChI=1S/C19H20F3NO3/c1-14-5-3-4-6-17(14)25-12-11-23(2)18(24)13-15-7-9-16(10-8-15)26-19(20,21)22/h3-10H,11-13H2,1-2H3. The van der Waals surface area contributed by atoms with E-state index in [4.69, 9.17) is 4.74 Å². The predicted molar refractivity (Wildman–Crippen MR) is 91.1 cm³/mol. The van der Waals surface area contributed by atoms with Crippen LogP contribution in [0.1, 0.15) is 11.1 Å². The molecule has 2 rings (SSSR count). The monoisotopic (exact) mass is 367 g/mol. The van der Waals surface area contributed by atoms with E-state index >= 15 is 0 Å². The van der Waals surface area contributed by atoms with Gasteiger partial charge in [0.15, 0.2) is 0 Å². The van der Waals surface area contributed by atoms with Gasteiger partial charge in [0.1, 0.15) is 18.1 Å². The lowest BCUT2D eigenvalue weighted by Crippen LogP contribution is -2.32. The van der Waals surface area contributed by atoms with Crippen LogP contribution in [0.5, 0.6) is 11.5 Å². The van der Waals surface area contributed by atoms with Crippen LogP contribution in [-0.2, 0) is 11.2 Å². The average Bonchev–Trinajstić information content (AvgIpc) is 2.57. The molecule has 140 valence electrons. The topological polar surface area (TPSA) is 38.8 Å². The van der Waals surface area contributed by atoms with Crippen LogP contribution in [-0.4, -0.2) is 37.4 Å². The van der Waals surface area contributed by atoms with Crippen LogP contribution in [0.15, 0.2) is 48.5 Å². The molecule has 1 amide bonds. The fraction of sp³-hybridized carbons (Fsp3) is 0.316. The van der Waals surface area contributed by atoms with E-state index in [1.807, 2.05) is 31.2 Å². The van der Waals surface area contributed by atoms with Crippen LogP contribution in [0.4, 0.5) is 13.2 Å². The number of aryl methyl sites for hydroxylation is 1. The molecule has 0 spiro atoms. The molecule has 0 saturated heterocycles. The third kappa shape index (κ3) is 6.31. The number of ether oxygens (including phenoxy) is 2. The molecule has 0 aliphatic rings. The van der Waals surface area contributed by atoms with Gasteiger partial charge in [-0.15, -0.1) is 13.2 Å². The number of para-hydroxylation sites is 1. The lowest BCUT2D eigenvalue weighted by molar-refractivity contribution is -0.274. The minimum atomic E-state index is -4.73. The predicted octanol–water partition coefficient (Wildman–Crippen LogP) is 3.97. The van der Waals surface area contributed by atoms with Gasteiger partial charge in [0.25, 0.3) is 0 Å². The molecule has 0 saturated carbocycles. The number of benzene rings is 2. The second kappa shape index (κ2) is 8.60. The van der Waals surface area contributed by atoms with Crippen molar-refractivity contribution in [2.24, 2.45) is 0 Å². The molecule has 7 heteroatoms. The van der Waals surface area contributed by atoms with E-state index in [-0.39, 0.29) is 18.1 Å². The van der Waals surface area contributed by atoms with Gasteiger partial charge in [-0.3, -0.25) is 4.79 Å². The number of hydrogen-bond donors (Lipinski definition) is 0. The quantitative estimate of drug-likeness (QED) is 0.743. The van der Waals surface area contributed by atoms with E-state index in [2.05, 4.69) is 4.74 Å². The Morgan fingerprint density at radius 2 is 1.73 bits per heavy atom. The van der Waals surface area contributed by atoms with E-state index in [0.717, 1.165) is 11.3 Å². The van der Waals surface area contributed by atoms with Crippen molar-refractivity contribution in [1.29, 1.82) is 0 Å². The first-order chi connectivity index (χ1) is 12.2. The number of halogens is 3. The molecule has 0 heterocycles. The van der Waals surface area contributed by atoms with Crippen molar-refractivity contribution in [3.8, 4) is 11.5 Å². The van der Waals surface area contributed by atoms with Crippen LogP contribution >= 0.6 is 0 Å². The zero-order valence-corrected chi connectivity index (χ0v) is 14.5. The summed E-state index contributed by atoms with van der Waals surface area (Å²) >= 11 is 0. The number of amides is 1. The van der Waals surface area contributed by atoms with Gasteiger partial charge in [-0.05, 0) is 36.2 Å². The number of alkyl halides is 3. The maximum atomic E-state index is 12.2. The molecule has 26 heavy (non-hydrogen) atoms. The summed E-state index contributed by atoms with van der Waals surface area (Å²) in [7, 11) is 1.66. The first kappa shape index (κ1) is 19.6. The second-order valence-electron chi connectivity index (χ2n) is 5.80. The minimum absolute atomic E-state index is 0.0904. The summed E-state index contributed by atoms with van der Waals surface area (Å²) in [6, 6.07) is 12.9. The Morgan fingerprint density at radius 3 is 2.35 bits per heavy atom. The number of hydrogen-bond acceptors (Lipinski definition) is 3. The lowest BCUT2D eigenvalue weighted by Gasteiger charge is -2.18. The normalized spacial score (nSPS) is 11.1. The maximum Gasteiger partial charge on any atom is 0.573 e. The Bertz CT molecular complexity index is 730. The molecule has 0 N–H and O–H groups in total. The summed E-state index contributed by atoms with van der Waals surface area (Å²) < 4.78 is 45.8. The average molecular weight is 367 g/mol. The lowest BCUT2D eigenvalue weighted by atomic mass is 10.1. The number of likely N-dealkylation sites (N-methyl/N-ethyl adjacent to an activating group) is 1. The van der Waals surface area contributed by atoms with Crippen molar-refractivity contribution in [3.63, 3.8) is 0 Å². The van der Waals surface area contributed by atoms with Crippen molar-refractivity contribution in [1.82, 2.24) is 4.90 Å². The highest BCUT2D eigenvalue weighted by Gasteiger charge is 2.30. The van der Waals surface area contributed by atoms with E-state index in [1.165, 1.54) is 29.2 Å². The number of rotatable bonds is 7. The van der Waals surface area contributed by atoms with Gasteiger partial charge in [0, 0.05) is 7.05 Å². The first-order valence-electron chi connectivity index (χ1n) is 8.01. The van der Waals surface area contributed by atoms with Gasteiger partial charge < -0.3 is 14.4 Å². The van der Waals surface area contributed by atoms with Crippen molar-refractivity contribution >= 4 is 5.91 Å². The van der Waals surface area contributed by atoms with E-state index < -0.39 is 6.36 Å². The maximum absolute atomic E-state index is 12.2. The largest absolute Gasteiger partial charge is 0.573 e. The molecule has 0 radical (unpaired) electrons. The van der Waals surface area contributed by atoms with Crippen molar-refractivity contribution in [2.75, 3.05) is 20.2 Å². The highest BCUT2D eigenvalue weighted by Crippen LogP contribution is 2.23. The van der Waals surface area contributed by atoms with Crippen molar-refractivity contribution in [3.05, 3.63) is 59.7 Å². The molecular formula is C19H20F3NO3. The minimum Gasteiger partial charge on any atom is -0.491 e. The smallest absolute Gasteiger partial charge is 0.491 e. The second-order valence-corrected chi connectivity index (χ2v) is 5.80. The van der Waals surface area contributed by atoms with Crippen LogP contribution in [0.3, 0.4) is 0 Å². The van der Waals surface area contributed by atoms with Crippen molar-refractivity contribution < 1.29 is 27.4 Å². The van der Waals surface area contributed by atoms with Gasteiger partial charge in [-0.25, -0.2) is 0 Å². The summed E-state index contributed by atoms with van der Waals surface area (Å²) in [5.74, 6) is 0.310. The highest BCUT2D eigenvalue weighted by atomic mass is 19.4. The zero-order valence-electron chi connectivity index (χ0n) is 14.5. The van der Waals surface area contributed by atoms with Crippen LogP contribution in [0.25, 0.3) is 0 Å². The molecule has 2 aromatic carbocycles. The van der Waals surface area contributed by atoms with Gasteiger partial charge in [-0.1, -0.05) is 30.3 Å². The molecule has 0 atom stereocenters. The van der Waals surface area contributed by atoms with Gasteiger partial charge in [0.05, 0.1) is 13.0 Å². The Hall–Kier alpha value is -2.70. The van der Waals surface area contributed by atoms with E-state index in [0.29, 0.717) is 18.7 Å². The third-order valence-electron chi connectivity index (χ3n) is 3.72. The van der Waals surface area contributed by atoms with Crippen LogP contribution < -0.4 is 9.47 Å². The Labute approximate surface area is 150 Å². The SMILES string of the molecule is Cc1ccccc1OCCN(C)C(=O)Cc1ccc(OC(F)(F)F)cc1. The van der Waals surface area contributed by atoms with Gasteiger partial charge in [0.2, 0.25) is 5.91 Å². The fourth-order valence-electron chi connectivity index (χ4n) is 2.25. The fourth-order valence-corrected chi connectivity index (χ4v) is 2.25. The van der Waals surface area contributed by atoms with Crippen molar-refractivity contribution in [2.45, 2.75) is 19.7 Å². The van der Waals surface area contributed by atoms with E-state index in [9.17, 15) is 18.0 Å². The third-order valence-corrected chi connectivity index (χ3v) is 3.72. The molecule has 0 unspecified atom stereocenters. The molecule has 2 aromatic rings. The molecule has 4 nitrogen and oxygen atoms in total. The Kier molecular flexibility index (Phi) is 6.49. The summed E-state index contributed by atoms with van der Waals surface area (Å²) in [5, 5.41) is 0. The molecule has 0 aliphatic carbocycles. The highest BCUT2D eigenvalue weighted by molar-refractivity contribution is 5.78. The summed E-state index contributed by atoms with van der Waals surface area (Å²) in [5.41, 5.74) is 1.62.